The molecule has 0 aromatic heterocycles. The number of aliphatic hydroxyl groups is 2. The van der Waals surface area contributed by atoms with Crippen molar-refractivity contribution in [2.45, 2.75) is 25.4 Å². The van der Waals surface area contributed by atoms with Gasteiger partial charge in [-0.1, -0.05) is 0 Å². The molecule has 1 aliphatic rings. The van der Waals surface area contributed by atoms with Crippen LogP contribution in [0.4, 0.5) is 4.79 Å². The Kier molecular flexibility index (Phi) is 4.10. The first kappa shape index (κ1) is 12.7. The maximum atomic E-state index is 10.7. The number of carboxylic acid groups (broad SMARTS) is 1. The Morgan fingerprint density at radius 2 is 2.06 bits per heavy atom. The van der Waals surface area contributed by atoms with Crippen LogP contribution < -0.4 is 0 Å². The fourth-order valence-corrected chi connectivity index (χ4v) is 2.00. The fraction of sp³-hybridized carbons (Fsp3) is 0.800. The highest BCUT2D eigenvalue weighted by atomic mass is 16.4. The molecule has 1 aliphatic heterocycles. The third-order valence-electron chi connectivity index (χ3n) is 3.07. The van der Waals surface area contributed by atoms with E-state index in [1.807, 2.05) is 0 Å². The van der Waals surface area contributed by atoms with E-state index in [4.69, 9.17) is 15.5 Å². The quantitative estimate of drug-likeness (QED) is 0.631. The molecule has 0 aliphatic carbocycles. The van der Waals surface area contributed by atoms with Gasteiger partial charge in [0.2, 0.25) is 0 Å². The third kappa shape index (κ3) is 2.84. The van der Waals surface area contributed by atoms with Crippen molar-refractivity contribution in [2.24, 2.45) is 5.41 Å². The summed E-state index contributed by atoms with van der Waals surface area (Å²) in [4.78, 5) is 12.0. The summed E-state index contributed by atoms with van der Waals surface area (Å²) in [5.41, 5.74) is -0.700. The predicted octanol–water partition coefficient (Wildman–Crippen LogP) is 0.0135. The molecule has 0 spiro atoms. The fourth-order valence-electron chi connectivity index (χ4n) is 2.00. The van der Waals surface area contributed by atoms with Gasteiger partial charge >= 0.3 is 6.09 Å². The lowest BCUT2D eigenvalue weighted by molar-refractivity contribution is 0.0392. The molecule has 1 rings (SSSR count). The molecule has 1 amide bonds. The molecule has 0 aromatic rings. The Balaban J connectivity index is 2.59. The number of hydrogen-bond acceptors (Lipinski definition) is 4. The van der Waals surface area contributed by atoms with Crippen molar-refractivity contribution >= 4 is 6.09 Å². The topological polar surface area (TPSA) is 105 Å². The van der Waals surface area contributed by atoms with Gasteiger partial charge in [0.15, 0.2) is 0 Å². The molecule has 0 radical (unpaired) electrons. The van der Waals surface area contributed by atoms with E-state index < -0.39 is 17.6 Å². The van der Waals surface area contributed by atoms with Crippen LogP contribution in [0.2, 0.25) is 0 Å². The third-order valence-corrected chi connectivity index (χ3v) is 3.07. The molecule has 1 saturated heterocycles. The molecule has 3 N–H and O–H groups in total. The van der Waals surface area contributed by atoms with E-state index in [9.17, 15) is 9.90 Å². The van der Waals surface area contributed by atoms with E-state index >= 15 is 0 Å². The number of carbonyl (C=O) groups is 1. The second-order valence-electron chi connectivity index (χ2n) is 4.20. The Morgan fingerprint density at radius 1 is 1.50 bits per heavy atom. The average molecular weight is 228 g/mol. The monoisotopic (exact) mass is 228 g/mol. The summed E-state index contributed by atoms with van der Waals surface area (Å²) in [7, 11) is 0. The first-order valence-electron chi connectivity index (χ1n) is 5.21. The number of nitrogens with zero attached hydrogens (tertiary/aromatic N) is 2. The van der Waals surface area contributed by atoms with Crippen LogP contribution in [0.15, 0.2) is 0 Å². The molecule has 0 aromatic carbocycles. The molecular formula is C10H16N2O4. The van der Waals surface area contributed by atoms with Crippen LogP contribution in [0.1, 0.15) is 19.3 Å². The Bertz CT molecular complexity index is 292. The molecule has 1 fully saturated rings. The second-order valence-corrected chi connectivity index (χ2v) is 4.20. The minimum Gasteiger partial charge on any atom is -0.465 e. The summed E-state index contributed by atoms with van der Waals surface area (Å²) < 4.78 is 0. The van der Waals surface area contributed by atoms with Gasteiger partial charge in [-0.2, -0.15) is 5.26 Å². The number of piperidine rings is 1. The highest BCUT2D eigenvalue weighted by Crippen LogP contribution is 2.35. The first-order valence-corrected chi connectivity index (χ1v) is 5.21. The standard InChI is InChI=1S/C10H16N2O4/c11-7-10(5-8(14)6-13)1-3-12(4-2-10)9(15)16/h8,13-14H,1-6H2,(H,15,16). The SMILES string of the molecule is N#CC1(CC(O)CO)CCN(C(=O)O)CC1. The van der Waals surface area contributed by atoms with Crippen LogP contribution in [-0.4, -0.2) is 52.1 Å². The molecule has 1 unspecified atom stereocenters. The van der Waals surface area contributed by atoms with Crippen LogP contribution in [0.25, 0.3) is 0 Å². The molecule has 90 valence electrons. The maximum Gasteiger partial charge on any atom is 0.407 e. The normalized spacial score (nSPS) is 21.2. The number of amides is 1. The molecule has 6 heteroatoms. The van der Waals surface area contributed by atoms with Gasteiger partial charge in [-0.05, 0) is 19.3 Å². The van der Waals surface area contributed by atoms with E-state index in [1.54, 1.807) is 0 Å². The highest BCUT2D eigenvalue weighted by molar-refractivity contribution is 5.65. The van der Waals surface area contributed by atoms with Crippen LogP contribution in [0.5, 0.6) is 0 Å². The van der Waals surface area contributed by atoms with Gasteiger partial charge in [-0.3, -0.25) is 0 Å². The lowest BCUT2D eigenvalue weighted by Gasteiger charge is -2.36. The summed E-state index contributed by atoms with van der Waals surface area (Å²) in [5, 5.41) is 36.0. The molecule has 0 bridgehead atoms. The van der Waals surface area contributed by atoms with Gasteiger partial charge in [-0.25, -0.2) is 4.79 Å². The largest absolute Gasteiger partial charge is 0.465 e. The number of nitriles is 1. The lowest BCUT2D eigenvalue weighted by Crippen LogP contribution is -2.43. The zero-order valence-corrected chi connectivity index (χ0v) is 8.96. The van der Waals surface area contributed by atoms with Crippen molar-refractivity contribution in [3.8, 4) is 6.07 Å². The van der Waals surface area contributed by atoms with Gasteiger partial charge in [0, 0.05) is 13.1 Å². The average Bonchev–Trinajstić information content (AvgIpc) is 2.29. The molecule has 6 nitrogen and oxygen atoms in total. The summed E-state index contributed by atoms with van der Waals surface area (Å²) in [6.45, 7) is 0.244. The minimum atomic E-state index is -0.978. The lowest BCUT2D eigenvalue weighted by atomic mass is 9.75. The van der Waals surface area contributed by atoms with Gasteiger partial charge in [0.1, 0.15) is 0 Å². The Morgan fingerprint density at radius 3 is 2.44 bits per heavy atom. The number of hydrogen-bond donors (Lipinski definition) is 3. The van der Waals surface area contributed by atoms with Crippen LogP contribution >= 0.6 is 0 Å². The second kappa shape index (κ2) is 5.14. The smallest absolute Gasteiger partial charge is 0.407 e. The van der Waals surface area contributed by atoms with Gasteiger partial charge in [-0.15, -0.1) is 0 Å². The molecule has 1 heterocycles. The van der Waals surface area contributed by atoms with Crippen LogP contribution in [0.3, 0.4) is 0 Å². The molecule has 0 saturated carbocycles. The summed E-state index contributed by atoms with van der Waals surface area (Å²) in [5.74, 6) is 0. The highest BCUT2D eigenvalue weighted by Gasteiger charge is 2.37. The Hall–Kier alpha value is -1.32. The predicted molar refractivity (Wildman–Crippen MR) is 54.6 cm³/mol. The minimum absolute atomic E-state index is 0.202. The van der Waals surface area contributed by atoms with Crippen LogP contribution in [-0.2, 0) is 0 Å². The molecular weight excluding hydrogens is 212 g/mol. The first-order chi connectivity index (χ1) is 7.53. The molecule has 1 atom stereocenters. The summed E-state index contributed by atoms with van der Waals surface area (Å²) >= 11 is 0. The maximum absolute atomic E-state index is 10.7. The van der Waals surface area contributed by atoms with Crippen molar-refractivity contribution < 1.29 is 20.1 Å². The van der Waals surface area contributed by atoms with Crippen molar-refractivity contribution in [3.05, 3.63) is 0 Å². The van der Waals surface area contributed by atoms with Gasteiger partial charge in [0.05, 0.1) is 24.2 Å². The zero-order valence-electron chi connectivity index (χ0n) is 8.96. The summed E-state index contributed by atoms with van der Waals surface area (Å²) in [6, 6.07) is 2.15. The number of likely N-dealkylation sites (tertiary alicyclic amines) is 1. The zero-order chi connectivity index (χ0) is 12.2. The summed E-state index contributed by atoms with van der Waals surface area (Å²) in [6.07, 6.45) is -0.863. The van der Waals surface area contributed by atoms with E-state index in [1.165, 1.54) is 4.90 Å². The van der Waals surface area contributed by atoms with Crippen LogP contribution in [0, 0.1) is 16.7 Å². The number of rotatable bonds is 3. The van der Waals surface area contributed by atoms with E-state index in [-0.39, 0.29) is 13.0 Å². The van der Waals surface area contributed by atoms with Gasteiger partial charge < -0.3 is 20.2 Å². The van der Waals surface area contributed by atoms with E-state index in [0.29, 0.717) is 25.9 Å². The van der Waals surface area contributed by atoms with Crippen molar-refractivity contribution in [1.82, 2.24) is 4.90 Å². The van der Waals surface area contributed by atoms with Gasteiger partial charge in [0.25, 0.3) is 0 Å². The number of aliphatic hydroxyl groups excluding tert-OH is 2. The molecule has 16 heavy (non-hydrogen) atoms. The van der Waals surface area contributed by atoms with E-state index in [0.717, 1.165) is 0 Å². The van der Waals surface area contributed by atoms with Crippen molar-refractivity contribution in [2.75, 3.05) is 19.7 Å². The van der Waals surface area contributed by atoms with Crippen molar-refractivity contribution in [1.29, 1.82) is 5.26 Å². The van der Waals surface area contributed by atoms with Crippen molar-refractivity contribution in [3.63, 3.8) is 0 Å². The van der Waals surface area contributed by atoms with E-state index in [2.05, 4.69) is 6.07 Å². The Labute approximate surface area is 93.7 Å².